The third kappa shape index (κ3) is 5.87. The first-order chi connectivity index (χ1) is 15.5. The summed E-state index contributed by atoms with van der Waals surface area (Å²) >= 11 is 0. The van der Waals surface area contributed by atoms with Gasteiger partial charge in [0.15, 0.2) is 11.5 Å². The fourth-order valence-electron chi connectivity index (χ4n) is 4.31. The number of hydrogen-bond acceptors (Lipinski definition) is 6. The molecular formula is C26H39NO5. The van der Waals surface area contributed by atoms with E-state index in [1.807, 2.05) is 12.1 Å². The van der Waals surface area contributed by atoms with Crippen LogP contribution in [-0.2, 0) is 12.8 Å². The molecule has 0 aliphatic heterocycles. The van der Waals surface area contributed by atoms with Crippen LogP contribution < -0.4 is 18.9 Å². The van der Waals surface area contributed by atoms with Crippen LogP contribution in [0, 0.1) is 6.92 Å². The number of aliphatic hydroxyl groups is 1. The van der Waals surface area contributed by atoms with Crippen molar-refractivity contribution in [3.63, 3.8) is 0 Å². The second-order valence-electron chi connectivity index (χ2n) is 7.83. The fourth-order valence-corrected chi connectivity index (χ4v) is 4.31. The molecule has 32 heavy (non-hydrogen) atoms. The fraction of sp³-hybridized carbons (Fsp3) is 0.538. The van der Waals surface area contributed by atoms with Crippen molar-refractivity contribution in [3.05, 3.63) is 46.5 Å². The maximum absolute atomic E-state index is 9.46. The number of aryl methyl sites for hydroxylation is 2. The van der Waals surface area contributed by atoms with Crippen molar-refractivity contribution in [2.24, 2.45) is 0 Å². The van der Waals surface area contributed by atoms with Gasteiger partial charge < -0.3 is 24.1 Å². The molecule has 0 aromatic heterocycles. The summed E-state index contributed by atoms with van der Waals surface area (Å²) in [5.41, 5.74) is 4.76. The van der Waals surface area contributed by atoms with Gasteiger partial charge in [0.05, 0.1) is 28.4 Å². The van der Waals surface area contributed by atoms with Gasteiger partial charge in [0.25, 0.3) is 0 Å². The van der Waals surface area contributed by atoms with Gasteiger partial charge in [0.1, 0.15) is 5.75 Å². The van der Waals surface area contributed by atoms with Crippen molar-refractivity contribution in [1.82, 2.24) is 4.90 Å². The van der Waals surface area contributed by atoms with Crippen molar-refractivity contribution in [2.45, 2.75) is 46.1 Å². The summed E-state index contributed by atoms with van der Waals surface area (Å²) in [7, 11) is 6.61. The van der Waals surface area contributed by atoms with Crippen molar-refractivity contribution >= 4 is 0 Å². The predicted molar refractivity (Wildman–Crippen MR) is 129 cm³/mol. The number of nitrogens with zero attached hydrogens (tertiary/aromatic N) is 1. The van der Waals surface area contributed by atoms with E-state index in [1.54, 1.807) is 28.4 Å². The maximum Gasteiger partial charge on any atom is 0.203 e. The van der Waals surface area contributed by atoms with E-state index in [4.69, 9.17) is 18.9 Å². The van der Waals surface area contributed by atoms with E-state index >= 15 is 0 Å². The molecule has 1 N–H and O–H groups in total. The summed E-state index contributed by atoms with van der Waals surface area (Å²) in [5.74, 6) is 2.80. The second kappa shape index (κ2) is 12.6. The summed E-state index contributed by atoms with van der Waals surface area (Å²) in [5, 5.41) is 9.46. The van der Waals surface area contributed by atoms with Gasteiger partial charge >= 0.3 is 0 Å². The van der Waals surface area contributed by atoms with E-state index in [0.717, 1.165) is 43.7 Å². The SMILES string of the molecule is CCc1cc(C)c(C(Cc2cc(OC)c(OC)c(OC)c2)N(CC)CCCO)cc1OC. The van der Waals surface area contributed by atoms with Crippen molar-refractivity contribution < 1.29 is 24.1 Å². The standard InChI is InChI=1S/C26H39NO5/c1-8-20-13-18(3)21(17-23(20)29-4)22(27(9-2)11-10-12-28)14-19-15-24(30-5)26(32-7)25(16-19)31-6/h13,15-17,22,28H,8-12,14H2,1-7H3. The summed E-state index contributed by atoms with van der Waals surface area (Å²) in [4.78, 5) is 2.41. The lowest BCUT2D eigenvalue weighted by Gasteiger charge is -2.33. The van der Waals surface area contributed by atoms with Gasteiger partial charge in [-0.2, -0.15) is 0 Å². The van der Waals surface area contributed by atoms with E-state index in [0.29, 0.717) is 17.2 Å². The zero-order chi connectivity index (χ0) is 23.7. The van der Waals surface area contributed by atoms with Crippen LogP contribution in [0.15, 0.2) is 24.3 Å². The van der Waals surface area contributed by atoms with Gasteiger partial charge in [-0.25, -0.2) is 0 Å². The minimum atomic E-state index is 0.106. The molecule has 0 radical (unpaired) electrons. The highest BCUT2D eigenvalue weighted by molar-refractivity contribution is 5.54. The molecule has 0 spiro atoms. The number of hydrogen-bond donors (Lipinski definition) is 1. The van der Waals surface area contributed by atoms with Crippen LogP contribution in [-0.4, -0.2) is 58.1 Å². The summed E-state index contributed by atoms with van der Waals surface area (Å²) < 4.78 is 22.4. The highest BCUT2D eigenvalue weighted by Crippen LogP contribution is 2.40. The number of likely N-dealkylation sites (N-methyl/N-ethyl adjacent to an activating group) is 1. The smallest absolute Gasteiger partial charge is 0.203 e. The Labute approximate surface area is 193 Å². The number of methoxy groups -OCH3 is 4. The second-order valence-corrected chi connectivity index (χ2v) is 7.83. The van der Waals surface area contributed by atoms with Gasteiger partial charge in [-0.3, -0.25) is 4.90 Å². The quantitative estimate of drug-likeness (QED) is 0.487. The third-order valence-electron chi connectivity index (χ3n) is 6.01. The number of ether oxygens (including phenoxy) is 4. The molecule has 2 aromatic rings. The summed E-state index contributed by atoms with van der Waals surface area (Å²) in [6, 6.07) is 8.55. The van der Waals surface area contributed by atoms with Crippen LogP contribution in [0.1, 0.15) is 48.6 Å². The molecule has 0 aliphatic rings. The molecule has 1 unspecified atom stereocenters. The zero-order valence-corrected chi connectivity index (χ0v) is 20.7. The van der Waals surface area contributed by atoms with Crippen LogP contribution in [0.4, 0.5) is 0 Å². The summed E-state index contributed by atoms with van der Waals surface area (Å²) in [6.45, 7) is 8.31. The number of aliphatic hydroxyl groups excluding tert-OH is 1. The van der Waals surface area contributed by atoms with Crippen molar-refractivity contribution in [3.8, 4) is 23.0 Å². The molecule has 0 aliphatic carbocycles. The normalized spacial score (nSPS) is 12.0. The predicted octanol–water partition coefficient (Wildman–Crippen LogP) is 4.58. The Morgan fingerprint density at radius 3 is 1.97 bits per heavy atom. The molecule has 0 fully saturated rings. The van der Waals surface area contributed by atoms with Gasteiger partial charge in [-0.1, -0.05) is 19.9 Å². The van der Waals surface area contributed by atoms with Gasteiger partial charge in [-0.05, 0) is 73.2 Å². The largest absolute Gasteiger partial charge is 0.496 e. The molecule has 0 amide bonds. The Morgan fingerprint density at radius 1 is 0.875 bits per heavy atom. The molecule has 6 nitrogen and oxygen atoms in total. The van der Waals surface area contributed by atoms with Crippen LogP contribution >= 0.6 is 0 Å². The van der Waals surface area contributed by atoms with E-state index in [9.17, 15) is 5.11 Å². The number of benzene rings is 2. The molecule has 178 valence electrons. The molecule has 0 saturated heterocycles. The van der Waals surface area contributed by atoms with Crippen LogP contribution in [0.5, 0.6) is 23.0 Å². The minimum Gasteiger partial charge on any atom is -0.496 e. The van der Waals surface area contributed by atoms with E-state index in [1.165, 1.54) is 16.7 Å². The zero-order valence-electron chi connectivity index (χ0n) is 20.7. The monoisotopic (exact) mass is 445 g/mol. The Morgan fingerprint density at radius 2 is 1.50 bits per heavy atom. The number of rotatable bonds is 13. The van der Waals surface area contributed by atoms with E-state index < -0.39 is 0 Å². The lowest BCUT2D eigenvalue weighted by atomic mass is 9.91. The van der Waals surface area contributed by atoms with E-state index in [-0.39, 0.29) is 12.6 Å². The molecule has 0 saturated carbocycles. The van der Waals surface area contributed by atoms with Crippen molar-refractivity contribution in [1.29, 1.82) is 0 Å². The average Bonchev–Trinajstić information content (AvgIpc) is 2.82. The Bertz CT molecular complexity index is 843. The molecule has 6 heteroatoms. The Kier molecular flexibility index (Phi) is 10.1. The first-order valence-corrected chi connectivity index (χ1v) is 11.3. The molecule has 0 heterocycles. The third-order valence-corrected chi connectivity index (χ3v) is 6.01. The first-order valence-electron chi connectivity index (χ1n) is 11.3. The molecule has 0 bridgehead atoms. The van der Waals surface area contributed by atoms with Crippen LogP contribution in [0.25, 0.3) is 0 Å². The Balaban J connectivity index is 2.59. The maximum atomic E-state index is 9.46. The lowest BCUT2D eigenvalue weighted by molar-refractivity contribution is 0.179. The molecule has 1 atom stereocenters. The molecular weight excluding hydrogens is 406 g/mol. The molecule has 2 aromatic carbocycles. The van der Waals surface area contributed by atoms with Gasteiger partial charge in [-0.15, -0.1) is 0 Å². The first kappa shape index (κ1) is 25.8. The summed E-state index contributed by atoms with van der Waals surface area (Å²) in [6.07, 6.45) is 2.40. The Hall–Kier alpha value is -2.44. The topological polar surface area (TPSA) is 60.4 Å². The lowest BCUT2D eigenvalue weighted by Crippen LogP contribution is -2.32. The highest BCUT2D eigenvalue weighted by Gasteiger charge is 2.24. The van der Waals surface area contributed by atoms with Crippen molar-refractivity contribution in [2.75, 3.05) is 48.1 Å². The highest BCUT2D eigenvalue weighted by atomic mass is 16.5. The van der Waals surface area contributed by atoms with E-state index in [2.05, 4.69) is 37.8 Å². The van der Waals surface area contributed by atoms with Gasteiger partial charge in [0.2, 0.25) is 5.75 Å². The van der Waals surface area contributed by atoms with Crippen LogP contribution in [0.2, 0.25) is 0 Å². The molecule has 2 rings (SSSR count). The van der Waals surface area contributed by atoms with Crippen LogP contribution in [0.3, 0.4) is 0 Å². The van der Waals surface area contributed by atoms with Gasteiger partial charge in [0, 0.05) is 19.2 Å². The minimum absolute atomic E-state index is 0.106. The average molecular weight is 446 g/mol.